The molecule has 4 nitrogen and oxygen atoms in total. The zero-order valence-corrected chi connectivity index (χ0v) is 15.3. The quantitative estimate of drug-likeness (QED) is 0.590. The van der Waals surface area contributed by atoms with Crippen molar-refractivity contribution in [2.24, 2.45) is 0 Å². The van der Waals surface area contributed by atoms with E-state index >= 15 is 0 Å². The van der Waals surface area contributed by atoms with Gasteiger partial charge in [-0.15, -0.1) is 12.4 Å². The van der Waals surface area contributed by atoms with E-state index in [4.69, 9.17) is 4.74 Å². The van der Waals surface area contributed by atoms with Crippen LogP contribution in [0.4, 0.5) is 0 Å². The zero-order valence-electron chi connectivity index (χ0n) is 14.5. The van der Waals surface area contributed by atoms with Gasteiger partial charge in [-0.3, -0.25) is 0 Å². The number of halogens is 1. The van der Waals surface area contributed by atoms with Crippen LogP contribution in [0.15, 0.2) is 48.5 Å². The fraction of sp³-hybridized carbons (Fsp3) is 0.300. The van der Waals surface area contributed by atoms with Gasteiger partial charge in [0.25, 0.3) is 0 Å². The molecule has 0 atom stereocenters. The summed E-state index contributed by atoms with van der Waals surface area (Å²) in [5, 5.41) is 26.7. The monoisotopic (exact) mass is 361 g/mol. The molecular weight excluding hydrogens is 338 g/mol. The number of ether oxygens (including phenoxy) is 1. The average molecular weight is 362 g/mol. The highest BCUT2D eigenvalue weighted by molar-refractivity contribution is 6.08. The van der Waals surface area contributed by atoms with Crippen LogP contribution in [0.1, 0.15) is 12.5 Å². The van der Waals surface area contributed by atoms with Crippen molar-refractivity contribution < 1.29 is 14.9 Å². The van der Waals surface area contributed by atoms with Crippen LogP contribution in [0.3, 0.4) is 0 Å². The normalized spacial score (nSPS) is 11.5. The van der Waals surface area contributed by atoms with Gasteiger partial charge in [-0.2, -0.15) is 0 Å². The predicted molar refractivity (Wildman–Crippen MR) is 105 cm³/mol. The number of nitrogens with one attached hydrogen (secondary N) is 1. The van der Waals surface area contributed by atoms with Crippen molar-refractivity contribution in [2.45, 2.75) is 19.0 Å². The summed E-state index contributed by atoms with van der Waals surface area (Å²) in [4.78, 5) is 0. The van der Waals surface area contributed by atoms with Crippen molar-refractivity contribution in [1.29, 1.82) is 0 Å². The Balaban J connectivity index is 0.00000225. The van der Waals surface area contributed by atoms with Crippen LogP contribution < -0.4 is 10.1 Å². The molecule has 0 saturated carbocycles. The fourth-order valence-corrected chi connectivity index (χ4v) is 3.05. The third-order valence-electron chi connectivity index (χ3n) is 4.59. The Morgan fingerprint density at radius 1 is 0.880 bits per heavy atom. The van der Waals surface area contributed by atoms with Crippen LogP contribution in [0.25, 0.3) is 21.5 Å². The number of aliphatic hydroxyl groups is 2. The second-order valence-corrected chi connectivity index (χ2v) is 6.33. The third-order valence-corrected chi connectivity index (χ3v) is 4.59. The van der Waals surface area contributed by atoms with Crippen LogP contribution in [-0.4, -0.2) is 36.1 Å². The van der Waals surface area contributed by atoms with Crippen molar-refractivity contribution in [2.75, 3.05) is 20.3 Å². The molecule has 0 aliphatic carbocycles. The minimum atomic E-state index is -0.720. The van der Waals surface area contributed by atoms with Crippen LogP contribution in [0.5, 0.6) is 5.75 Å². The van der Waals surface area contributed by atoms with Crippen molar-refractivity contribution in [3.8, 4) is 5.75 Å². The summed E-state index contributed by atoms with van der Waals surface area (Å²) in [5.74, 6) is 0.872. The molecular formula is C20H24ClNO3. The van der Waals surface area contributed by atoms with Crippen molar-refractivity contribution >= 4 is 34.0 Å². The molecule has 3 rings (SSSR count). The number of fused-ring (bicyclic) bond motifs is 2. The molecule has 0 heterocycles. The first-order valence-corrected chi connectivity index (χ1v) is 8.06. The zero-order chi connectivity index (χ0) is 17.2. The first-order chi connectivity index (χ1) is 11.6. The lowest BCUT2D eigenvalue weighted by molar-refractivity contribution is 0.103. The lowest BCUT2D eigenvalue weighted by Gasteiger charge is -2.27. The Morgan fingerprint density at radius 2 is 1.32 bits per heavy atom. The molecule has 0 fully saturated rings. The molecule has 5 heteroatoms. The molecule has 0 aliphatic heterocycles. The van der Waals surface area contributed by atoms with Gasteiger partial charge in [-0.1, -0.05) is 48.5 Å². The standard InChI is InChI=1S/C20H23NO3.ClH/c1-20(12-22,13-23)21-11-18-14-7-3-5-9-16(14)19(24-2)17-10-6-4-8-15(17)18;/h3-10,21-23H,11-13H2,1-2H3;1H. The van der Waals surface area contributed by atoms with E-state index in [1.165, 1.54) is 0 Å². The molecule has 0 aromatic heterocycles. The molecule has 0 unspecified atom stereocenters. The van der Waals surface area contributed by atoms with Gasteiger partial charge >= 0.3 is 0 Å². The Morgan fingerprint density at radius 3 is 1.72 bits per heavy atom. The van der Waals surface area contributed by atoms with Gasteiger partial charge in [0.15, 0.2) is 0 Å². The maximum atomic E-state index is 9.53. The fourth-order valence-electron chi connectivity index (χ4n) is 3.05. The minimum absolute atomic E-state index is 0. The van der Waals surface area contributed by atoms with Gasteiger partial charge in [-0.05, 0) is 23.3 Å². The van der Waals surface area contributed by atoms with E-state index in [0.717, 1.165) is 32.9 Å². The largest absolute Gasteiger partial charge is 0.495 e. The van der Waals surface area contributed by atoms with Gasteiger partial charge in [0.2, 0.25) is 0 Å². The number of aliphatic hydroxyl groups excluding tert-OH is 2. The first kappa shape index (κ1) is 19.5. The Labute approximate surface area is 153 Å². The molecule has 3 aromatic carbocycles. The molecule has 25 heavy (non-hydrogen) atoms. The smallest absolute Gasteiger partial charge is 0.134 e. The Kier molecular flexibility index (Phi) is 6.25. The molecule has 0 saturated heterocycles. The van der Waals surface area contributed by atoms with Crippen LogP contribution >= 0.6 is 12.4 Å². The van der Waals surface area contributed by atoms with Gasteiger partial charge in [-0.25, -0.2) is 0 Å². The molecule has 3 aromatic rings. The average Bonchev–Trinajstić information content (AvgIpc) is 2.64. The highest BCUT2D eigenvalue weighted by Gasteiger charge is 2.22. The molecule has 3 N–H and O–H groups in total. The predicted octanol–water partition coefficient (Wildman–Crippen LogP) is 3.26. The summed E-state index contributed by atoms with van der Waals surface area (Å²) in [6, 6.07) is 16.3. The summed E-state index contributed by atoms with van der Waals surface area (Å²) in [5.41, 5.74) is 0.414. The third kappa shape index (κ3) is 3.58. The number of hydrogen-bond donors (Lipinski definition) is 3. The van der Waals surface area contributed by atoms with E-state index in [1.54, 1.807) is 14.0 Å². The number of benzene rings is 3. The highest BCUT2D eigenvalue weighted by atomic mass is 35.5. The van der Waals surface area contributed by atoms with Crippen molar-refractivity contribution in [3.63, 3.8) is 0 Å². The van der Waals surface area contributed by atoms with Gasteiger partial charge < -0.3 is 20.3 Å². The SMILES string of the molecule is COc1c2ccccc2c(CNC(C)(CO)CO)c2ccccc12.Cl. The van der Waals surface area contributed by atoms with Crippen molar-refractivity contribution in [3.05, 3.63) is 54.1 Å². The molecule has 0 aliphatic rings. The molecule has 0 radical (unpaired) electrons. The van der Waals surface area contributed by atoms with Crippen molar-refractivity contribution in [1.82, 2.24) is 5.32 Å². The number of methoxy groups -OCH3 is 1. The van der Waals surface area contributed by atoms with Gasteiger partial charge in [0.05, 0.1) is 25.9 Å². The highest BCUT2D eigenvalue weighted by Crippen LogP contribution is 2.38. The Bertz CT molecular complexity index is 805. The van der Waals surface area contributed by atoms with E-state index < -0.39 is 5.54 Å². The second-order valence-electron chi connectivity index (χ2n) is 6.33. The molecule has 0 amide bonds. The van der Waals surface area contributed by atoms with Gasteiger partial charge in [0.1, 0.15) is 5.75 Å². The first-order valence-electron chi connectivity index (χ1n) is 8.06. The summed E-state index contributed by atoms with van der Waals surface area (Å²) < 4.78 is 5.68. The van der Waals surface area contributed by atoms with Crippen LogP contribution in [0, 0.1) is 0 Å². The summed E-state index contributed by atoms with van der Waals surface area (Å²) >= 11 is 0. The summed E-state index contributed by atoms with van der Waals surface area (Å²) in [7, 11) is 1.70. The summed E-state index contributed by atoms with van der Waals surface area (Å²) in [6.45, 7) is 2.09. The molecule has 0 bridgehead atoms. The van der Waals surface area contributed by atoms with E-state index in [0.29, 0.717) is 6.54 Å². The number of hydrogen-bond acceptors (Lipinski definition) is 4. The van der Waals surface area contributed by atoms with E-state index in [1.807, 2.05) is 24.3 Å². The van der Waals surface area contributed by atoms with E-state index in [2.05, 4.69) is 29.6 Å². The second kappa shape index (κ2) is 8.02. The van der Waals surface area contributed by atoms with E-state index in [-0.39, 0.29) is 25.6 Å². The minimum Gasteiger partial charge on any atom is -0.495 e. The summed E-state index contributed by atoms with van der Waals surface area (Å²) in [6.07, 6.45) is 0. The van der Waals surface area contributed by atoms with Gasteiger partial charge in [0, 0.05) is 17.3 Å². The maximum absolute atomic E-state index is 9.53. The van der Waals surface area contributed by atoms with Crippen LogP contribution in [-0.2, 0) is 6.54 Å². The lowest BCUT2D eigenvalue weighted by atomic mass is 9.94. The molecule has 134 valence electrons. The van der Waals surface area contributed by atoms with E-state index in [9.17, 15) is 10.2 Å². The maximum Gasteiger partial charge on any atom is 0.134 e. The van der Waals surface area contributed by atoms with Crippen LogP contribution in [0.2, 0.25) is 0 Å². The topological polar surface area (TPSA) is 61.7 Å². The lowest BCUT2D eigenvalue weighted by Crippen LogP contribution is -2.48. The molecule has 0 spiro atoms. The Hall–Kier alpha value is -1.85. The number of rotatable bonds is 6.